The number of pyridine rings is 1. The van der Waals surface area contributed by atoms with E-state index in [1.54, 1.807) is 31.5 Å². The van der Waals surface area contributed by atoms with Gasteiger partial charge in [-0.25, -0.2) is 4.98 Å². The van der Waals surface area contributed by atoms with Gasteiger partial charge in [0.25, 0.3) is 5.56 Å². The molecule has 0 aliphatic carbocycles. The molecule has 0 aliphatic heterocycles. The number of nitrogens with one attached hydrogen (secondary N) is 1. The number of methoxy groups -OCH3 is 2. The Bertz CT molecular complexity index is 1060. The van der Waals surface area contributed by atoms with Gasteiger partial charge < -0.3 is 14.8 Å². The van der Waals surface area contributed by atoms with Crippen LogP contribution in [0.5, 0.6) is 11.5 Å². The molecular weight excluding hydrogens is 378 g/mol. The summed E-state index contributed by atoms with van der Waals surface area (Å²) in [5.41, 5.74) is 2.65. The monoisotopic (exact) mass is 399 g/mol. The fraction of sp³-hybridized carbons (Fsp3) is 0.250. The third-order valence-electron chi connectivity index (χ3n) is 4.02. The molecule has 0 aliphatic rings. The van der Waals surface area contributed by atoms with Crippen LogP contribution in [0.25, 0.3) is 5.65 Å². The Balaban J connectivity index is 1.62. The van der Waals surface area contributed by atoms with Gasteiger partial charge in [-0.3, -0.25) is 14.0 Å². The molecule has 3 rings (SSSR count). The lowest BCUT2D eigenvalue weighted by atomic mass is 10.2. The van der Waals surface area contributed by atoms with Gasteiger partial charge in [-0.15, -0.1) is 11.8 Å². The van der Waals surface area contributed by atoms with E-state index in [2.05, 4.69) is 10.3 Å². The molecule has 1 amide bonds. The molecule has 1 aromatic carbocycles. The van der Waals surface area contributed by atoms with Gasteiger partial charge in [0, 0.05) is 24.1 Å². The summed E-state index contributed by atoms with van der Waals surface area (Å²) in [5, 5.41) is 2.82. The average molecular weight is 399 g/mol. The van der Waals surface area contributed by atoms with Crippen molar-refractivity contribution in [3.8, 4) is 11.5 Å². The van der Waals surface area contributed by atoms with Crippen LogP contribution in [0.15, 0.2) is 47.4 Å². The van der Waals surface area contributed by atoms with Crippen molar-refractivity contribution in [2.24, 2.45) is 0 Å². The molecule has 8 heteroatoms. The summed E-state index contributed by atoms with van der Waals surface area (Å²) < 4.78 is 12.0. The van der Waals surface area contributed by atoms with E-state index >= 15 is 0 Å². The van der Waals surface area contributed by atoms with Crippen LogP contribution in [0.1, 0.15) is 11.3 Å². The lowest BCUT2D eigenvalue weighted by Gasteiger charge is -2.11. The fourth-order valence-corrected chi connectivity index (χ4v) is 3.40. The number of rotatable bonds is 7. The molecule has 0 spiro atoms. The number of thioether (sulfide) groups is 1. The van der Waals surface area contributed by atoms with Gasteiger partial charge >= 0.3 is 0 Å². The smallest absolute Gasteiger partial charge is 0.258 e. The van der Waals surface area contributed by atoms with Crippen molar-refractivity contribution in [2.75, 3.05) is 25.3 Å². The number of fused-ring (bicyclic) bond motifs is 1. The van der Waals surface area contributed by atoms with Crippen molar-refractivity contribution in [3.05, 3.63) is 64.2 Å². The molecule has 0 saturated carbocycles. The second-order valence-corrected chi connectivity index (χ2v) is 7.11. The Labute approximate surface area is 166 Å². The number of aryl methyl sites for hydroxylation is 1. The van der Waals surface area contributed by atoms with Gasteiger partial charge in [-0.05, 0) is 30.7 Å². The summed E-state index contributed by atoms with van der Waals surface area (Å²) in [6.07, 6.45) is 1.76. The highest BCUT2D eigenvalue weighted by atomic mass is 32.2. The standard InChI is InChI=1S/C20H21N3O4S/c1-13-4-7-18-21-14(8-20(25)23(18)10-13)11-28-12-19(24)22-16-9-15(26-2)5-6-17(16)27-3/h4-10H,11-12H2,1-3H3,(H,22,24). The second-order valence-electron chi connectivity index (χ2n) is 6.13. The van der Waals surface area contributed by atoms with E-state index in [0.717, 1.165) is 5.56 Å². The number of hydrogen-bond donors (Lipinski definition) is 1. The van der Waals surface area contributed by atoms with Gasteiger partial charge in [-0.2, -0.15) is 0 Å². The lowest BCUT2D eigenvalue weighted by molar-refractivity contribution is -0.113. The minimum atomic E-state index is -0.176. The molecule has 0 bridgehead atoms. The van der Waals surface area contributed by atoms with Crippen LogP contribution in [0, 0.1) is 6.92 Å². The van der Waals surface area contributed by atoms with E-state index in [1.807, 2.05) is 19.1 Å². The predicted octanol–water partition coefficient (Wildman–Crippen LogP) is 2.89. The second kappa shape index (κ2) is 8.79. The van der Waals surface area contributed by atoms with Crippen LogP contribution in [-0.2, 0) is 10.5 Å². The first-order valence-electron chi connectivity index (χ1n) is 8.58. The maximum Gasteiger partial charge on any atom is 0.258 e. The lowest BCUT2D eigenvalue weighted by Crippen LogP contribution is -2.17. The summed E-state index contributed by atoms with van der Waals surface area (Å²) in [4.78, 5) is 29.0. The Kier molecular flexibility index (Phi) is 6.20. The molecule has 0 atom stereocenters. The normalized spacial score (nSPS) is 10.7. The minimum Gasteiger partial charge on any atom is -0.497 e. The van der Waals surface area contributed by atoms with Gasteiger partial charge in [0.05, 0.1) is 31.4 Å². The van der Waals surface area contributed by atoms with Crippen molar-refractivity contribution in [3.63, 3.8) is 0 Å². The molecule has 2 aromatic heterocycles. The van der Waals surface area contributed by atoms with Crippen LogP contribution in [0.4, 0.5) is 5.69 Å². The molecule has 146 valence electrons. The van der Waals surface area contributed by atoms with E-state index < -0.39 is 0 Å². The van der Waals surface area contributed by atoms with Crippen LogP contribution < -0.4 is 20.3 Å². The number of nitrogens with zero attached hydrogens (tertiary/aromatic N) is 2. The van der Waals surface area contributed by atoms with E-state index in [4.69, 9.17) is 9.47 Å². The summed E-state index contributed by atoms with van der Waals surface area (Å²) in [6.45, 7) is 1.92. The number of benzene rings is 1. The topological polar surface area (TPSA) is 81.9 Å². The summed E-state index contributed by atoms with van der Waals surface area (Å²) in [7, 11) is 3.10. The van der Waals surface area contributed by atoms with Crippen molar-refractivity contribution in [1.29, 1.82) is 0 Å². The summed E-state index contributed by atoms with van der Waals surface area (Å²) in [5.74, 6) is 1.68. The number of hydrogen-bond acceptors (Lipinski definition) is 6. The largest absolute Gasteiger partial charge is 0.497 e. The molecule has 7 nitrogen and oxygen atoms in total. The highest BCUT2D eigenvalue weighted by Gasteiger charge is 2.10. The Morgan fingerprint density at radius 1 is 1.18 bits per heavy atom. The summed E-state index contributed by atoms with van der Waals surface area (Å²) in [6, 6.07) is 10.4. The number of carbonyl (C=O) groups excluding carboxylic acids is 1. The van der Waals surface area contributed by atoms with Crippen molar-refractivity contribution in [1.82, 2.24) is 9.38 Å². The molecule has 0 radical (unpaired) electrons. The number of anilines is 1. The number of ether oxygens (including phenoxy) is 2. The molecule has 2 heterocycles. The molecule has 28 heavy (non-hydrogen) atoms. The van der Waals surface area contributed by atoms with Crippen molar-refractivity contribution in [2.45, 2.75) is 12.7 Å². The maximum absolute atomic E-state index is 12.3. The molecule has 0 fully saturated rings. The van der Waals surface area contributed by atoms with Gasteiger partial charge in [-0.1, -0.05) is 6.07 Å². The zero-order chi connectivity index (χ0) is 20.1. The van der Waals surface area contributed by atoms with E-state index in [9.17, 15) is 9.59 Å². The molecular formula is C20H21N3O4S. The third-order valence-corrected chi connectivity index (χ3v) is 4.99. The van der Waals surface area contributed by atoms with Crippen LogP contribution in [0.3, 0.4) is 0 Å². The van der Waals surface area contributed by atoms with Crippen LogP contribution >= 0.6 is 11.8 Å². The van der Waals surface area contributed by atoms with Crippen molar-refractivity contribution >= 4 is 29.0 Å². The quantitative estimate of drug-likeness (QED) is 0.658. The van der Waals surface area contributed by atoms with Gasteiger partial charge in [0.15, 0.2) is 0 Å². The van der Waals surface area contributed by atoms with Crippen molar-refractivity contribution < 1.29 is 14.3 Å². The Hall–Kier alpha value is -3.00. The first kappa shape index (κ1) is 19.8. The van der Waals surface area contributed by atoms with Crippen LogP contribution in [0.2, 0.25) is 0 Å². The number of aromatic nitrogens is 2. The third kappa shape index (κ3) is 4.64. The van der Waals surface area contributed by atoms with Gasteiger partial charge in [0.2, 0.25) is 5.91 Å². The molecule has 3 aromatic rings. The van der Waals surface area contributed by atoms with Crippen LogP contribution in [-0.4, -0.2) is 35.3 Å². The minimum absolute atomic E-state index is 0.130. The number of amides is 1. The fourth-order valence-electron chi connectivity index (χ4n) is 2.68. The first-order chi connectivity index (χ1) is 13.5. The SMILES string of the molecule is COc1ccc(OC)c(NC(=O)CSCc2cc(=O)n3cc(C)ccc3n2)c1. The maximum atomic E-state index is 12.3. The highest BCUT2D eigenvalue weighted by molar-refractivity contribution is 7.99. The Morgan fingerprint density at radius 2 is 2.00 bits per heavy atom. The molecule has 0 saturated heterocycles. The van der Waals surface area contributed by atoms with Gasteiger partial charge in [0.1, 0.15) is 17.1 Å². The Morgan fingerprint density at radius 3 is 2.75 bits per heavy atom. The zero-order valence-corrected chi connectivity index (χ0v) is 16.7. The highest BCUT2D eigenvalue weighted by Crippen LogP contribution is 2.29. The van der Waals surface area contributed by atoms with E-state index in [0.29, 0.717) is 34.3 Å². The average Bonchev–Trinajstić information content (AvgIpc) is 2.68. The van der Waals surface area contributed by atoms with E-state index in [1.165, 1.54) is 29.3 Å². The molecule has 1 N–H and O–H groups in total. The van der Waals surface area contributed by atoms with E-state index in [-0.39, 0.29) is 17.2 Å². The molecule has 0 unspecified atom stereocenters. The summed E-state index contributed by atoms with van der Waals surface area (Å²) >= 11 is 1.38. The zero-order valence-electron chi connectivity index (χ0n) is 15.9. The first-order valence-corrected chi connectivity index (χ1v) is 9.74. The predicted molar refractivity (Wildman–Crippen MR) is 111 cm³/mol. The number of carbonyl (C=O) groups is 1.